The van der Waals surface area contributed by atoms with E-state index in [1.165, 1.54) is 5.56 Å². The molecule has 0 fully saturated rings. The Balaban J connectivity index is 1.83. The molecule has 4 nitrogen and oxygen atoms in total. The van der Waals surface area contributed by atoms with E-state index < -0.39 is 0 Å². The summed E-state index contributed by atoms with van der Waals surface area (Å²) < 4.78 is 11.1. The lowest BCUT2D eigenvalue weighted by molar-refractivity contribution is 0.269. The van der Waals surface area contributed by atoms with Gasteiger partial charge >= 0.3 is 0 Å². The molecule has 1 aromatic carbocycles. The lowest BCUT2D eigenvalue weighted by atomic mass is 10.1. The van der Waals surface area contributed by atoms with E-state index in [2.05, 4.69) is 30.1 Å². The lowest BCUT2D eigenvalue weighted by Gasteiger charge is -2.30. The number of benzene rings is 1. The highest BCUT2D eigenvalue weighted by Gasteiger charge is 2.22. The Kier molecular flexibility index (Phi) is 5.56. The van der Waals surface area contributed by atoms with Crippen LogP contribution >= 0.6 is 12.2 Å². The molecule has 3 rings (SSSR count). The van der Waals surface area contributed by atoms with Crippen molar-refractivity contribution in [3.63, 3.8) is 0 Å². The lowest BCUT2D eigenvalue weighted by Crippen LogP contribution is -2.36. The van der Waals surface area contributed by atoms with E-state index in [1.54, 1.807) is 12.5 Å². The maximum atomic E-state index is 5.72. The van der Waals surface area contributed by atoms with Crippen molar-refractivity contribution in [1.82, 2.24) is 4.90 Å². The van der Waals surface area contributed by atoms with Crippen molar-refractivity contribution in [2.45, 2.75) is 32.9 Å². The largest absolute Gasteiger partial charge is 0.467 e. The number of furan rings is 2. The SMILES string of the molecule is CCc1ccccc1NC(=S)N(Cc1ccco1)[C@H](C)c1ccco1. The van der Waals surface area contributed by atoms with E-state index in [4.69, 9.17) is 21.1 Å². The molecule has 0 unspecified atom stereocenters. The molecule has 1 atom stereocenters. The van der Waals surface area contributed by atoms with Crippen LogP contribution in [0.3, 0.4) is 0 Å². The van der Waals surface area contributed by atoms with Crippen LogP contribution in [0.25, 0.3) is 0 Å². The van der Waals surface area contributed by atoms with Gasteiger partial charge in [-0.1, -0.05) is 25.1 Å². The summed E-state index contributed by atoms with van der Waals surface area (Å²) in [5.41, 5.74) is 2.26. The van der Waals surface area contributed by atoms with Crippen molar-refractivity contribution in [2.24, 2.45) is 0 Å². The first-order valence-corrected chi connectivity index (χ1v) is 8.81. The van der Waals surface area contributed by atoms with Crippen LogP contribution in [0.1, 0.15) is 37.0 Å². The van der Waals surface area contributed by atoms with Gasteiger partial charge < -0.3 is 19.1 Å². The molecule has 0 aliphatic carbocycles. The van der Waals surface area contributed by atoms with Crippen LogP contribution in [-0.2, 0) is 13.0 Å². The molecule has 0 aliphatic heterocycles. The third kappa shape index (κ3) is 4.12. The zero-order chi connectivity index (χ0) is 17.6. The Labute approximate surface area is 153 Å². The summed E-state index contributed by atoms with van der Waals surface area (Å²) in [5, 5.41) is 4.03. The summed E-state index contributed by atoms with van der Waals surface area (Å²) >= 11 is 5.72. The van der Waals surface area contributed by atoms with Gasteiger partial charge in [-0.25, -0.2) is 0 Å². The van der Waals surface area contributed by atoms with Crippen molar-refractivity contribution in [3.8, 4) is 0 Å². The van der Waals surface area contributed by atoms with Crippen LogP contribution in [0.15, 0.2) is 69.9 Å². The van der Waals surface area contributed by atoms with Crippen molar-refractivity contribution in [1.29, 1.82) is 0 Å². The first-order valence-electron chi connectivity index (χ1n) is 8.40. The predicted molar refractivity (Wildman–Crippen MR) is 103 cm³/mol. The van der Waals surface area contributed by atoms with Gasteiger partial charge in [0.25, 0.3) is 0 Å². The normalized spacial score (nSPS) is 11.9. The number of aryl methyl sites for hydroxylation is 1. The molecule has 2 heterocycles. The van der Waals surface area contributed by atoms with Gasteiger partial charge in [-0.05, 0) is 61.5 Å². The summed E-state index contributed by atoms with van der Waals surface area (Å²) in [6.07, 6.45) is 4.30. The predicted octanol–water partition coefficient (Wildman–Crippen LogP) is 5.40. The van der Waals surface area contributed by atoms with Gasteiger partial charge in [0, 0.05) is 5.69 Å². The fourth-order valence-electron chi connectivity index (χ4n) is 2.78. The summed E-state index contributed by atoms with van der Waals surface area (Å²) in [4.78, 5) is 2.07. The molecule has 0 amide bonds. The Morgan fingerprint density at radius 2 is 1.84 bits per heavy atom. The second kappa shape index (κ2) is 8.03. The minimum absolute atomic E-state index is 0.0195. The monoisotopic (exact) mass is 354 g/mol. The van der Waals surface area contributed by atoms with Gasteiger partial charge in [-0.3, -0.25) is 0 Å². The molecule has 0 saturated heterocycles. The van der Waals surface area contributed by atoms with Gasteiger partial charge in [0.05, 0.1) is 25.1 Å². The van der Waals surface area contributed by atoms with Crippen LogP contribution < -0.4 is 5.32 Å². The molecule has 130 valence electrons. The molecule has 0 aliphatic rings. The minimum atomic E-state index is -0.0195. The summed E-state index contributed by atoms with van der Waals surface area (Å²) in [5.74, 6) is 1.71. The molecule has 0 spiro atoms. The van der Waals surface area contributed by atoms with Gasteiger partial charge in [-0.2, -0.15) is 0 Å². The van der Waals surface area contributed by atoms with Crippen LogP contribution in [0.2, 0.25) is 0 Å². The molecule has 0 bridgehead atoms. The molecule has 2 aromatic heterocycles. The first-order chi connectivity index (χ1) is 12.2. The molecule has 25 heavy (non-hydrogen) atoms. The Morgan fingerprint density at radius 3 is 2.52 bits per heavy atom. The maximum Gasteiger partial charge on any atom is 0.174 e. The highest BCUT2D eigenvalue weighted by atomic mass is 32.1. The zero-order valence-electron chi connectivity index (χ0n) is 14.4. The van der Waals surface area contributed by atoms with Crippen LogP contribution in [0.5, 0.6) is 0 Å². The second-order valence-corrected chi connectivity index (χ2v) is 6.23. The van der Waals surface area contributed by atoms with Crippen LogP contribution in [-0.4, -0.2) is 10.0 Å². The van der Waals surface area contributed by atoms with E-state index in [0.717, 1.165) is 23.6 Å². The third-order valence-electron chi connectivity index (χ3n) is 4.23. The Morgan fingerprint density at radius 1 is 1.08 bits per heavy atom. The first kappa shape index (κ1) is 17.3. The smallest absolute Gasteiger partial charge is 0.174 e. The van der Waals surface area contributed by atoms with Crippen molar-refractivity contribution >= 4 is 23.0 Å². The molecule has 5 heteroatoms. The number of nitrogens with one attached hydrogen (secondary N) is 1. The van der Waals surface area contributed by atoms with E-state index in [9.17, 15) is 0 Å². The summed E-state index contributed by atoms with van der Waals surface area (Å²) in [6.45, 7) is 4.77. The molecular weight excluding hydrogens is 332 g/mol. The average Bonchev–Trinajstić information content (AvgIpc) is 3.33. The number of thiocarbonyl (C=S) groups is 1. The third-order valence-corrected chi connectivity index (χ3v) is 4.57. The Bertz CT molecular complexity index is 797. The highest BCUT2D eigenvalue weighted by Crippen LogP contribution is 2.25. The van der Waals surface area contributed by atoms with E-state index in [-0.39, 0.29) is 6.04 Å². The van der Waals surface area contributed by atoms with Crippen molar-refractivity contribution in [2.75, 3.05) is 5.32 Å². The zero-order valence-corrected chi connectivity index (χ0v) is 15.3. The van der Waals surface area contributed by atoms with Gasteiger partial charge in [0.2, 0.25) is 0 Å². The number of hydrogen-bond acceptors (Lipinski definition) is 3. The fraction of sp³-hybridized carbons (Fsp3) is 0.250. The van der Waals surface area contributed by atoms with E-state index in [0.29, 0.717) is 11.7 Å². The second-order valence-electron chi connectivity index (χ2n) is 5.84. The molecule has 1 N–H and O–H groups in total. The highest BCUT2D eigenvalue weighted by molar-refractivity contribution is 7.80. The average molecular weight is 354 g/mol. The van der Waals surface area contributed by atoms with Crippen molar-refractivity contribution < 1.29 is 8.83 Å². The van der Waals surface area contributed by atoms with Gasteiger partial charge in [0.1, 0.15) is 11.5 Å². The van der Waals surface area contributed by atoms with E-state index >= 15 is 0 Å². The molecule has 0 radical (unpaired) electrons. The number of para-hydroxylation sites is 1. The number of rotatable bonds is 6. The topological polar surface area (TPSA) is 41.5 Å². The quantitative estimate of drug-likeness (QED) is 0.601. The number of nitrogens with zero attached hydrogens (tertiary/aromatic N) is 1. The maximum absolute atomic E-state index is 5.72. The summed E-state index contributed by atoms with van der Waals surface area (Å²) in [6, 6.07) is 15.9. The van der Waals surface area contributed by atoms with Gasteiger partial charge in [-0.15, -0.1) is 0 Å². The minimum Gasteiger partial charge on any atom is -0.467 e. The number of hydrogen-bond donors (Lipinski definition) is 1. The molecular formula is C20H22N2O2S. The van der Waals surface area contributed by atoms with Crippen LogP contribution in [0, 0.1) is 0 Å². The number of anilines is 1. The molecule has 0 saturated carbocycles. The summed E-state index contributed by atoms with van der Waals surface area (Å²) in [7, 11) is 0. The van der Waals surface area contributed by atoms with Gasteiger partial charge in [0.15, 0.2) is 5.11 Å². The fourth-order valence-corrected chi connectivity index (χ4v) is 3.11. The van der Waals surface area contributed by atoms with E-state index in [1.807, 2.05) is 42.5 Å². The van der Waals surface area contributed by atoms with Crippen LogP contribution in [0.4, 0.5) is 5.69 Å². The standard InChI is InChI=1S/C20H22N2O2S/c1-3-16-8-4-5-10-18(16)21-20(25)22(14-17-9-6-12-23-17)15(2)19-11-7-13-24-19/h4-13,15H,3,14H2,1-2H3,(H,21,25)/t15-/m1/s1. The van der Waals surface area contributed by atoms with Crippen molar-refractivity contribution in [3.05, 3.63) is 78.1 Å². The Hall–Kier alpha value is -2.53. The molecule has 3 aromatic rings.